The van der Waals surface area contributed by atoms with Crippen molar-refractivity contribution in [3.63, 3.8) is 0 Å². The van der Waals surface area contributed by atoms with Crippen molar-refractivity contribution in [2.24, 2.45) is 5.10 Å². The average Bonchev–Trinajstić information content (AvgIpc) is 2.96. The highest BCUT2D eigenvalue weighted by atomic mass is 32.1. The van der Waals surface area contributed by atoms with Gasteiger partial charge in [0, 0.05) is 12.1 Å². The average molecular weight is 336 g/mol. The molecular formula is C14H16N4O4S. The summed E-state index contributed by atoms with van der Waals surface area (Å²) in [6.07, 6.45) is 0.251. The quantitative estimate of drug-likeness (QED) is 0.777. The van der Waals surface area contributed by atoms with Gasteiger partial charge in [0.25, 0.3) is 11.8 Å². The minimum atomic E-state index is -0.833. The largest absolute Gasteiger partial charge is 0.450 e. The van der Waals surface area contributed by atoms with Crippen LogP contribution in [0, 0.1) is 0 Å². The maximum atomic E-state index is 12.1. The number of carbonyl (C=O) groups excluding carboxylic acids is 3. The van der Waals surface area contributed by atoms with Crippen LogP contribution < -0.4 is 16.1 Å². The first-order valence-electron chi connectivity index (χ1n) is 6.88. The van der Waals surface area contributed by atoms with Crippen molar-refractivity contribution < 1.29 is 19.1 Å². The van der Waals surface area contributed by atoms with Crippen LogP contribution in [-0.4, -0.2) is 30.2 Å². The van der Waals surface area contributed by atoms with Gasteiger partial charge >= 0.3 is 6.09 Å². The molecular weight excluding hydrogens is 320 g/mol. The second-order valence-electron chi connectivity index (χ2n) is 4.57. The number of ether oxygens (including phenoxy) is 1. The molecule has 9 heteroatoms. The van der Waals surface area contributed by atoms with Gasteiger partial charge in [-0.15, -0.1) is 11.3 Å². The van der Waals surface area contributed by atoms with E-state index in [-0.39, 0.29) is 12.2 Å². The third kappa shape index (κ3) is 4.39. The van der Waals surface area contributed by atoms with Crippen molar-refractivity contribution in [1.82, 2.24) is 10.7 Å². The first-order chi connectivity index (χ1) is 11.0. The zero-order valence-electron chi connectivity index (χ0n) is 12.5. The number of hydrazone groups is 1. The Bertz CT molecular complexity index is 680. The number of rotatable bonds is 4. The molecule has 0 unspecified atom stereocenters. The van der Waals surface area contributed by atoms with Crippen LogP contribution in [0.15, 0.2) is 28.8 Å². The molecule has 3 amide bonds. The van der Waals surface area contributed by atoms with E-state index < -0.39 is 17.9 Å². The number of anilines is 1. The van der Waals surface area contributed by atoms with Crippen molar-refractivity contribution in [2.75, 3.05) is 11.9 Å². The summed E-state index contributed by atoms with van der Waals surface area (Å²) in [7, 11) is 0. The molecule has 1 aliphatic heterocycles. The zero-order valence-corrected chi connectivity index (χ0v) is 13.3. The fraction of sp³-hybridized carbons (Fsp3) is 0.286. The molecule has 1 aromatic rings. The minimum absolute atomic E-state index is 0.157. The lowest BCUT2D eigenvalue weighted by atomic mass is 10.1. The van der Waals surface area contributed by atoms with E-state index in [1.54, 1.807) is 12.3 Å². The predicted octanol–water partition coefficient (Wildman–Crippen LogP) is 1.83. The topological polar surface area (TPSA) is 109 Å². The molecule has 23 heavy (non-hydrogen) atoms. The van der Waals surface area contributed by atoms with Gasteiger partial charge < -0.3 is 10.1 Å². The van der Waals surface area contributed by atoms with Crippen LogP contribution in [0.1, 0.15) is 30.1 Å². The van der Waals surface area contributed by atoms with Crippen LogP contribution in [-0.2, 0) is 9.53 Å². The summed E-state index contributed by atoms with van der Waals surface area (Å²) in [5, 5.41) is 10.6. The van der Waals surface area contributed by atoms with E-state index in [0.29, 0.717) is 23.6 Å². The molecule has 0 aromatic carbocycles. The maximum absolute atomic E-state index is 12.1. The Balaban J connectivity index is 2.03. The van der Waals surface area contributed by atoms with Crippen LogP contribution in [0.25, 0.3) is 0 Å². The second kappa shape index (κ2) is 7.54. The highest BCUT2D eigenvalue weighted by Gasteiger charge is 2.21. The van der Waals surface area contributed by atoms with Gasteiger partial charge in [-0.2, -0.15) is 5.10 Å². The number of nitrogens with zero attached hydrogens (tertiary/aromatic N) is 1. The number of imide groups is 1. The molecule has 8 nitrogen and oxygen atoms in total. The van der Waals surface area contributed by atoms with Gasteiger partial charge in [0.2, 0.25) is 0 Å². The van der Waals surface area contributed by atoms with Gasteiger partial charge in [0.1, 0.15) is 10.7 Å². The maximum Gasteiger partial charge on any atom is 0.414 e. The summed E-state index contributed by atoms with van der Waals surface area (Å²) >= 11 is 1.17. The normalized spacial score (nSPS) is 13.6. The Labute approximate surface area is 136 Å². The van der Waals surface area contributed by atoms with Crippen molar-refractivity contribution >= 4 is 40.0 Å². The number of hydrogen-bond acceptors (Lipinski definition) is 7. The van der Waals surface area contributed by atoms with Gasteiger partial charge in [0.15, 0.2) is 0 Å². The molecule has 1 aromatic heterocycles. The van der Waals surface area contributed by atoms with Crippen molar-refractivity contribution in [1.29, 1.82) is 0 Å². The summed E-state index contributed by atoms with van der Waals surface area (Å²) in [5.41, 5.74) is 3.92. The van der Waals surface area contributed by atoms with Crippen LogP contribution in [0.4, 0.5) is 9.80 Å². The second-order valence-corrected chi connectivity index (χ2v) is 5.48. The molecule has 0 atom stereocenters. The predicted molar refractivity (Wildman–Crippen MR) is 86.4 cm³/mol. The molecule has 2 rings (SSSR count). The number of amides is 3. The smallest absolute Gasteiger partial charge is 0.414 e. The number of thiophene rings is 1. The molecule has 0 bridgehead atoms. The van der Waals surface area contributed by atoms with E-state index in [4.69, 9.17) is 0 Å². The Morgan fingerprint density at radius 3 is 2.83 bits per heavy atom. The van der Waals surface area contributed by atoms with Crippen LogP contribution >= 0.6 is 11.3 Å². The molecule has 0 radical (unpaired) electrons. The van der Waals surface area contributed by atoms with E-state index >= 15 is 0 Å². The molecule has 0 spiro atoms. The summed E-state index contributed by atoms with van der Waals surface area (Å²) in [6.45, 7) is 5.51. The van der Waals surface area contributed by atoms with Crippen LogP contribution in [0.5, 0.6) is 0 Å². The van der Waals surface area contributed by atoms with Crippen LogP contribution in [0.2, 0.25) is 0 Å². The SMILES string of the molecule is C=C1CCC(C(=O)Nc2sccc2C(=O)NC(=O)OCC)=NN1. The number of carbonyl (C=O) groups is 3. The highest BCUT2D eigenvalue weighted by Crippen LogP contribution is 2.23. The molecule has 1 aliphatic rings. The summed E-state index contributed by atoms with van der Waals surface area (Å²) in [4.78, 5) is 35.4. The van der Waals surface area contributed by atoms with Crippen molar-refractivity contribution in [3.8, 4) is 0 Å². The van der Waals surface area contributed by atoms with Gasteiger partial charge in [-0.3, -0.25) is 20.3 Å². The van der Waals surface area contributed by atoms with Gasteiger partial charge in [0.05, 0.1) is 12.2 Å². The minimum Gasteiger partial charge on any atom is -0.450 e. The molecule has 3 N–H and O–H groups in total. The van der Waals surface area contributed by atoms with Gasteiger partial charge in [-0.1, -0.05) is 6.58 Å². The Hall–Kier alpha value is -2.68. The lowest BCUT2D eigenvalue weighted by Gasteiger charge is -2.14. The molecule has 0 fully saturated rings. The molecule has 2 heterocycles. The molecule has 0 aliphatic carbocycles. The fourth-order valence-corrected chi connectivity index (χ4v) is 2.56. The molecule has 122 valence electrons. The first-order valence-corrected chi connectivity index (χ1v) is 7.76. The summed E-state index contributed by atoms with van der Waals surface area (Å²) < 4.78 is 4.65. The monoisotopic (exact) mass is 336 g/mol. The third-order valence-electron chi connectivity index (χ3n) is 2.90. The van der Waals surface area contributed by atoms with Gasteiger partial charge in [-0.25, -0.2) is 4.79 Å². The van der Waals surface area contributed by atoms with E-state index in [0.717, 1.165) is 5.70 Å². The number of nitrogens with one attached hydrogen (secondary N) is 3. The third-order valence-corrected chi connectivity index (χ3v) is 3.73. The lowest BCUT2D eigenvalue weighted by molar-refractivity contribution is -0.110. The molecule has 0 saturated carbocycles. The summed E-state index contributed by atoms with van der Waals surface area (Å²) in [5.74, 6) is -1.05. The Kier molecular flexibility index (Phi) is 5.47. The van der Waals surface area contributed by atoms with Crippen molar-refractivity contribution in [3.05, 3.63) is 29.3 Å². The first kappa shape index (κ1) is 16.7. The highest BCUT2D eigenvalue weighted by molar-refractivity contribution is 7.14. The Morgan fingerprint density at radius 2 is 2.17 bits per heavy atom. The van der Waals surface area contributed by atoms with Crippen LogP contribution in [0.3, 0.4) is 0 Å². The number of allylic oxidation sites excluding steroid dienone is 1. The van der Waals surface area contributed by atoms with E-state index in [2.05, 4.69) is 32.5 Å². The lowest BCUT2D eigenvalue weighted by Crippen LogP contribution is -2.32. The number of alkyl carbamates (subject to hydrolysis) is 1. The van der Waals surface area contributed by atoms with Crippen molar-refractivity contribution in [2.45, 2.75) is 19.8 Å². The van der Waals surface area contributed by atoms with E-state index in [1.807, 2.05) is 0 Å². The summed E-state index contributed by atoms with van der Waals surface area (Å²) in [6, 6.07) is 1.51. The zero-order chi connectivity index (χ0) is 16.8. The van der Waals surface area contributed by atoms with E-state index in [9.17, 15) is 14.4 Å². The standard InChI is InChI=1S/C14H16N4O4S/c1-3-22-14(21)16-11(19)9-6-7-23-13(9)15-12(20)10-5-4-8(2)17-18-10/h6-7,17H,2-5H2,1H3,(H,15,20)(H,16,19,21). The number of hydrogen-bond donors (Lipinski definition) is 3. The molecule has 0 saturated heterocycles. The van der Waals surface area contributed by atoms with E-state index in [1.165, 1.54) is 17.4 Å². The fourth-order valence-electron chi connectivity index (χ4n) is 1.78. The Morgan fingerprint density at radius 1 is 1.39 bits per heavy atom. The van der Waals surface area contributed by atoms with Gasteiger partial charge in [-0.05, 0) is 24.8 Å².